The maximum Gasteiger partial charge on any atom is 0.163 e. The van der Waals surface area contributed by atoms with Gasteiger partial charge in [-0.05, 0) is 40.8 Å². The molecule has 0 radical (unpaired) electrons. The lowest BCUT2D eigenvalue weighted by Gasteiger charge is -2.20. The normalized spacial score (nSPS) is 13.0. The SMILES string of the molecule is OCCNCc1cnc2c(N3CCc4c(-c5ccccc5)cccc43)ncnc2c1. The molecule has 0 fully saturated rings. The average Bonchev–Trinajstić information content (AvgIpc) is 3.23. The van der Waals surface area contributed by atoms with E-state index in [4.69, 9.17) is 5.11 Å². The minimum Gasteiger partial charge on any atom is -0.395 e. The molecule has 6 heteroatoms. The highest BCUT2D eigenvalue weighted by molar-refractivity contribution is 5.90. The van der Waals surface area contributed by atoms with E-state index in [1.54, 1.807) is 6.33 Å². The molecule has 6 nitrogen and oxygen atoms in total. The van der Waals surface area contributed by atoms with E-state index in [1.807, 2.05) is 18.3 Å². The first-order valence-corrected chi connectivity index (χ1v) is 10.2. The molecule has 5 rings (SSSR count). The van der Waals surface area contributed by atoms with Crippen molar-refractivity contribution in [3.05, 3.63) is 78.2 Å². The van der Waals surface area contributed by atoms with E-state index in [9.17, 15) is 0 Å². The monoisotopic (exact) mass is 397 g/mol. The first-order valence-electron chi connectivity index (χ1n) is 10.2. The largest absolute Gasteiger partial charge is 0.395 e. The van der Waals surface area contributed by atoms with Crippen molar-refractivity contribution in [2.45, 2.75) is 13.0 Å². The second kappa shape index (κ2) is 8.18. The van der Waals surface area contributed by atoms with Crippen molar-refractivity contribution >= 4 is 22.5 Å². The molecule has 0 amide bonds. The number of pyridine rings is 1. The number of aliphatic hydroxyl groups excluding tert-OH is 1. The van der Waals surface area contributed by atoms with E-state index in [2.05, 4.69) is 67.6 Å². The molecule has 0 saturated carbocycles. The number of aromatic nitrogens is 3. The van der Waals surface area contributed by atoms with E-state index < -0.39 is 0 Å². The lowest BCUT2D eigenvalue weighted by Crippen LogP contribution is -2.18. The standard InChI is InChI=1S/C24H23N5O/c30-12-10-25-14-17-13-21-23(26-15-17)24(28-16-27-21)29-11-9-20-19(7-4-8-22(20)29)18-5-2-1-3-6-18/h1-8,13,15-16,25,30H,9-12,14H2. The average molecular weight is 397 g/mol. The summed E-state index contributed by atoms with van der Waals surface area (Å²) in [5.74, 6) is 0.846. The summed E-state index contributed by atoms with van der Waals surface area (Å²) in [6.07, 6.45) is 4.44. The zero-order chi connectivity index (χ0) is 20.3. The topological polar surface area (TPSA) is 74.2 Å². The van der Waals surface area contributed by atoms with Gasteiger partial charge in [-0.1, -0.05) is 42.5 Å². The molecular formula is C24H23N5O. The van der Waals surface area contributed by atoms with Crippen LogP contribution in [0.3, 0.4) is 0 Å². The Morgan fingerprint density at radius 3 is 2.77 bits per heavy atom. The van der Waals surface area contributed by atoms with Crippen molar-refractivity contribution in [2.75, 3.05) is 24.6 Å². The van der Waals surface area contributed by atoms with Crippen LogP contribution in [0.5, 0.6) is 0 Å². The number of rotatable bonds is 6. The Hall–Kier alpha value is -3.35. The van der Waals surface area contributed by atoms with Crippen LogP contribution in [0.1, 0.15) is 11.1 Å². The molecule has 0 atom stereocenters. The predicted molar refractivity (Wildman–Crippen MR) is 119 cm³/mol. The zero-order valence-electron chi connectivity index (χ0n) is 16.6. The minimum absolute atomic E-state index is 0.118. The van der Waals surface area contributed by atoms with Crippen molar-refractivity contribution in [1.82, 2.24) is 20.3 Å². The van der Waals surface area contributed by atoms with E-state index in [-0.39, 0.29) is 6.61 Å². The van der Waals surface area contributed by atoms with Gasteiger partial charge < -0.3 is 15.3 Å². The fourth-order valence-electron chi connectivity index (χ4n) is 4.12. The van der Waals surface area contributed by atoms with E-state index in [1.165, 1.54) is 22.4 Å². The number of hydrogen-bond acceptors (Lipinski definition) is 6. The van der Waals surface area contributed by atoms with Gasteiger partial charge in [0, 0.05) is 31.5 Å². The summed E-state index contributed by atoms with van der Waals surface area (Å²) in [4.78, 5) is 16.0. The van der Waals surface area contributed by atoms with Gasteiger partial charge in [-0.3, -0.25) is 4.98 Å². The number of hydrogen-bond donors (Lipinski definition) is 2. The van der Waals surface area contributed by atoms with Crippen LogP contribution in [-0.2, 0) is 13.0 Å². The molecule has 150 valence electrons. The Kier molecular flexibility index (Phi) is 5.09. The van der Waals surface area contributed by atoms with Crippen LogP contribution >= 0.6 is 0 Å². The van der Waals surface area contributed by atoms with Crippen LogP contribution in [0.15, 0.2) is 67.1 Å². The van der Waals surface area contributed by atoms with Gasteiger partial charge in [0.05, 0.1) is 12.1 Å². The number of anilines is 2. The molecule has 0 bridgehead atoms. The summed E-state index contributed by atoms with van der Waals surface area (Å²) in [7, 11) is 0. The molecule has 1 aliphatic heterocycles. The van der Waals surface area contributed by atoms with Crippen LogP contribution in [0.25, 0.3) is 22.2 Å². The van der Waals surface area contributed by atoms with Crippen LogP contribution in [-0.4, -0.2) is 39.8 Å². The Morgan fingerprint density at radius 1 is 1.00 bits per heavy atom. The lowest BCUT2D eigenvalue weighted by molar-refractivity contribution is 0.292. The second-order valence-corrected chi connectivity index (χ2v) is 7.38. The van der Waals surface area contributed by atoms with E-state index in [0.29, 0.717) is 13.1 Å². The molecule has 2 N–H and O–H groups in total. The molecule has 2 aromatic carbocycles. The Labute approximate surface area is 175 Å². The van der Waals surface area contributed by atoms with Gasteiger partial charge in [-0.25, -0.2) is 9.97 Å². The van der Waals surface area contributed by atoms with Gasteiger partial charge in [-0.2, -0.15) is 0 Å². The summed E-state index contributed by atoms with van der Waals surface area (Å²) in [6.45, 7) is 2.19. The molecular weight excluding hydrogens is 374 g/mol. The molecule has 30 heavy (non-hydrogen) atoms. The summed E-state index contributed by atoms with van der Waals surface area (Å²) in [5.41, 5.74) is 7.72. The highest BCUT2D eigenvalue weighted by atomic mass is 16.3. The third kappa shape index (κ3) is 3.40. The van der Waals surface area contributed by atoms with Gasteiger partial charge >= 0.3 is 0 Å². The summed E-state index contributed by atoms with van der Waals surface area (Å²) in [5, 5.41) is 12.1. The molecule has 1 aliphatic rings. The summed E-state index contributed by atoms with van der Waals surface area (Å²) >= 11 is 0. The predicted octanol–water partition coefficient (Wildman–Crippen LogP) is 3.47. The smallest absolute Gasteiger partial charge is 0.163 e. The lowest BCUT2D eigenvalue weighted by atomic mass is 9.98. The highest BCUT2D eigenvalue weighted by Gasteiger charge is 2.26. The van der Waals surface area contributed by atoms with E-state index in [0.717, 1.165) is 35.4 Å². The van der Waals surface area contributed by atoms with Crippen LogP contribution in [0.2, 0.25) is 0 Å². The highest BCUT2D eigenvalue weighted by Crippen LogP contribution is 2.40. The molecule has 0 aliphatic carbocycles. The maximum absolute atomic E-state index is 8.94. The van der Waals surface area contributed by atoms with Gasteiger partial charge in [0.2, 0.25) is 0 Å². The maximum atomic E-state index is 8.94. The number of fused-ring (bicyclic) bond motifs is 2. The fraction of sp³-hybridized carbons (Fsp3) is 0.208. The Bertz CT molecular complexity index is 1180. The van der Waals surface area contributed by atoms with Crippen LogP contribution in [0.4, 0.5) is 11.5 Å². The molecule has 0 unspecified atom stereocenters. The van der Waals surface area contributed by atoms with Crippen LogP contribution < -0.4 is 10.2 Å². The van der Waals surface area contributed by atoms with Gasteiger partial charge in [0.25, 0.3) is 0 Å². The quantitative estimate of drug-likeness (QED) is 0.486. The Balaban J connectivity index is 1.52. The third-order valence-corrected chi connectivity index (χ3v) is 5.50. The van der Waals surface area contributed by atoms with Crippen LogP contribution in [0, 0.1) is 0 Å². The zero-order valence-corrected chi connectivity index (χ0v) is 16.6. The first kappa shape index (κ1) is 18.7. The van der Waals surface area contributed by atoms with Gasteiger partial charge in [0.1, 0.15) is 11.8 Å². The minimum atomic E-state index is 0.118. The third-order valence-electron chi connectivity index (χ3n) is 5.50. The Morgan fingerprint density at radius 2 is 1.90 bits per heavy atom. The molecule has 4 aromatic rings. The first-order chi connectivity index (χ1) is 14.8. The molecule has 0 spiro atoms. The molecule has 3 heterocycles. The summed E-state index contributed by atoms with van der Waals surface area (Å²) in [6, 6.07) is 19.0. The number of nitrogens with one attached hydrogen (secondary N) is 1. The van der Waals surface area contributed by atoms with E-state index >= 15 is 0 Å². The van der Waals surface area contributed by atoms with Crippen molar-refractivity contribution in [3.63, 3.8) is 0 Å². The number of nitrogens with zero attached hydrogens (tertiary/aromatic N) is 4. The van der Waals surface area contributed by atoms with Crippen molar-refractivity contribution in [3.8, 4) is 11.1 Å². The molecule has 0 saturated heterocycles. The fourth-order valence-corrected chi connectivity index (χ4v) is 4.12. The summed E-state index contributed by atoms with van der Waals surface area (Å²) < 4.78 is 0. The van der Waals surface area contributed by atoms with Gasteiger partial charge in [0.15, 0.2) is 5.82 Å². The van der Waals surface area contributed by atoms with Crippen molar-refractivity contribution in [1.29, 1.82) is 0 Å². The van der Waals surface area contributed by atoms with Crippen molar-refractivity contribution in [2.24, 2.45) is 0 Å². The van der Waals surface area contributed by atoms with Crippen molar-refractivity contribution < 1.29 is 5.11 Å². The second-order valence-electron chi connectivity index (χ2n) is 7.38. The molecule has 2 aromatic heterocycles. The number of benzene rings is 2. The van der Waals surface area contributed by atoms with Gasteiger partial charge in [-0.15, -0.1) is 0 Å². The number of aliphatic hydroxyl groups is 1.